The SMILES string of the molecule is Clc1ccc(-c2nnc(CN3CCCC3c3nc4ccccc4s3)o2)cc1. The van der Waals surface area contributed by atoms with Crippen molar-refractivity contribution in [2.24, 2.45) is 0 Å². The molecule has 0 spiro atoms. The summed E-state index contributed by atoms with van der Waals surface area (Å²) in [5.74, 6) is 1.16. The molecule has 0 aliphatic carbocycles. The Bertz CT molecular complexity index is 1040. The fourth-order valence-corrected chi connectivity index (χ4v) is 4.79. The maximum atomic E-state index is 5.94. The van der Waals surface area contributed by atoms with Crippen LogP contribution in [0.3, 0.4) is 0 Å². The molecule has 0 radical (unpaired) electrons. The van der Waals surface area contributed by atoms with E-state index in [4.69, 9.17) is 21.0 Å². The topological polar surface area (TPSA) is 55.1 Å². The summed E-state index contributed by atoms with van der Waals surface area (Å²) >= 11 is 7.72. The van der Waals surface area contributed by atoms with Gasteiger partial charge in [0.1, 0.15) is 5.01 Å². The number of hydrogen-bond acceptors (Lipinski definition) is 6. The van der Waals surface area contributed by atoms with Gasteiger partial charge in [-0.05, 0) is 55.8 Å². The Balaban J connectivity index is 1.36. The van der Waals surface area contributed by atoms with Crippen molar-refractivity contribution in [3.63, 3.8) is 0 Å². The molecular formula is C20H17ClN4OS. The number of rotatable bonds is 4. The summed E-state index contributed by atoms with van der Waals surface area (Å²) in [7, 11) is 0. The quantitative estimate of drug-likeness (QED) is 0.466. The summed E-state index contributed by atoms with van der Waals surface area (Å²) in [5, 5.41) is 10.3. The van der Waals surface area contributed by atoms with Gasteiger partial charge in [-0.25, -0.2) is 4.98 Å². The first-order chi connectivity index (χ1) is 13.3. The second-order valence-corrected chi connectivity index (χ2v) is 8.15. The van der Waals surface area contributed by atoms with Gasteiger partial charge in [-0.15, -0.1) is 21.5 Å². The van der Waals surface area contributed by atoms with Crippen LogP contribution in [0.15, 0.2) is 52.9 Å². The summed E-state index contributed by atoms with van der Waals surface area (Å²) in [6, 6.07) is 16.0. The maximum absolute atomic E-state index is 5.94. The number of para-hydroxylation sites is 1. The third-order valence-corrected chi connectivity index (χ3v) is 6.25. The first-order valence-corrected chi connectivity index (χ1v) is 10.1. The highest BCUT2D eigenvalue weighted by Gasteiger charge is 2.30. The number of benzene rings is 2. The molecule has 2 aromatic heterocycles. The highest BCUT2D eigenvalue weighted by molar-refractivity contribution is 7.18. The van der Waals surface area contributed by atoms with E-state index in [1.54, 1.807) is 11.3 Å². The molecule has 0 amide bonds. The van der Waals surface area contributed by atoms with Gasteiger partial charge in [-0.1, -0.05) is 23.7 Å². The van der Waals surface area contributed by atoms with Gasteiger partial charge in [0.25, 0.3) is 0 Å². The fourth-order valence-electron chi connectivity index (χ4n) is 3.53. The molecule has 136 valence electrons. The van der Waals surface area contributed by atoms with E-state index in [9.17, 15) is 0 Å². The molecule has 7 heteroatoms. The number of nitrogens with zero attached hydrogens (tertiary/aromatic N) is 4. The smallest absolute Gasteiger partial charge is 0.247 e. The molecule has 1 saturated heterocycles. The summed E-state index contributed by atoms with van der Waals surface area (Å²) in [5.41, 5.74) is 1.95. The van der Waals surface area contributed by atoms with Crippen LogP contribution in [-0.4, -0.2) is 26.6 Å². The minimum Gasteiger partial charge on any atom is -0.419 e. The molecule has 27 heavy (non-hydrogen) atoms. The lowest BCUT2D eigenvalue weighted by atomic mass is 10.2. The standard InChI is InChI=1S/C20H17ClN4OS/c21-14-9-7-13(8-10-14)19-24-23-18(26-19)12-25-11-3-5-16(25)20-22-15-4-1-2-6-17(15)27-20/h1-2,4,6-10,16H,3,5,11-12H2. The molecule has 0 saturated carbocycles. The molecular weight excluding hydrogens is 380 g/mol. The molecule has 4 aromatic rings. The lowest BCUT2D eigenvalue weighted by Gasteiger charge is -2.20. The van der Waals surface area contributed by atoms with Gasteiger partial charge in [-0.2, -0.15) is 0 Å². The molecule has 1 aliphatic rings. The number of hydrogen-bond donors (Lipinski definition) is 0. The van der Waals surface area contributed by atoms with Gasteiger partial charge >= 0.3 is 0 Å². The van der Waals surface area contributed by atoms with E-state index in [-0.39, 0.29) is 0 Å². The number of thiazole rings is 1. The fraction of sp³-hybridized carbons (Fsp3) is 0.250. The minimum atomic E-state index is 0.313. The first kappa shape index (κ1) is 16.9. The van der Waals surface area contributed by atoms with Crippen molar-refractivity contribution in [1.29, 1.82) is 0 Å². The lowest BCUT2D eigenvalue weighted by molar-refractivity contribution is 0.224. The lowest BCUT2D eigenvalue weighted by Crippen LogP contribution is -2.22. The van der Waals surface area contributed by atoms with Crippen molar-refractivity contribution in [2.45, 2.75) is 25.4 Å². The molecule has 5 nitrogen and oxygen atoms in total. The van der Waals surface area contributed by atoms with Gasteiger partial charge in [0.15, 0.2) is 0 Å². The van der Waals surface area contributed by atoms with E-state index in [0.717, 1.165) is 30.5 Å². The molecule has 1 aliphatic heterocycles. The zero-order valence-electron chi connectivity index (χ0n) is 14.5. The number of fused-ring (bicyclic) bond motifs is 1. The van der Waals surface area contributed by atoms with Crippen LogP contribution >= 0.6 is 22.9 Å². The largest absolute Gasteiger partial charge is 0.419 e. The summed E-state index contributed by atoms with van der Waals surface area (Å²) in [4.78, 5) is 7.23. The molecule has 1 atom stereocenters. The van der Waals surface area contributed by atoms with Crippen LogP contribution in [0.5, 0.6) is 0 Å². The highest BCUT2D eigenvalue weighted by Crippen LogP contribution is 2.37. The monoisotopic (exact) mass is 396 g/mol. The Morgan fingerprint density at radius 1 is 1.11 bits per heavy atom. The summed E-state index contributed by atoms with van der Waals surface area (Å²) in [6.07, 6.45) is 2.26. The van der Waals surface area contributed by atoms with Crippen molar-refractivity contribution in [3.05, 3.63) is 64.5 Å². The molecule has 3 heterocycles. The summed E-state index contributed by atoms with van der Waals surface area (Å²) < 4.78 is 7.13. The van der Waals surface area contributed by atoms with Crippen molar-refractivity contribution in [1.82, 2.24) is 20.1 Å². The zero-order chi connectivity index (χ0) is 18.2. The van der Waals surface area contributed by atoms with Crippen LogP contribution in [0.25, 0.3) is 21.7 Å². The van der Waals surface area contributed by atoms with Gasteiger partial charge in [0, 0.05) is 10.6 Å². The summed E-state index contributed by atoms with van der Waals surface area (Å²) in [6.45, 7) is 1.65. The van der Waals surface area contributed by atoms with E-state index in [2.05, 4.69) is 33.3 Å². The highest BCUT2D eigenvalue weighted by atomic mass is 35.5. The van der Waals surface area contributed by atoms with Gasteiger partial charge in [-0.3, -0.25) is 4.90 Å². The average molecular weight is 397 g/mol. The molecule has 0 N–H and O–H groups in total. The van der Waals surface area contributed by atoms with Crippen molar-refractivity contribution in [3.8, 4) is 11.5 Å². The van der Waals surface area contributed by atoms with Gasteiger partial charge in [0.2, 0.25) is 11.8 Å². The Morgan fingerprint density at radius 2 is 1.96 bits per heavy atom. The third-order valence-electron chi connectivity index (χ3n) is 4.86. The van der Waals surface area contributed by atoms with E-state index < -0.39 is 0 Å². The Morgan fingerprint density at radius 3 is 2.81 bits per heavy atom. The maximum Gasteiger partial charge on any atom is 0.247 e. The van der Waals surface area contributed by atoms with Gasteiger partial charge < -0.3 is 4.42 Å². The Hall–Kier alpha value is -2.28. The van der Waals surface area contributed by atoms with Crippen LogP contribution < -0.4 is 0 Å². The minimum absolute atomic E-state index is 0.313. The second kappa shape index (κ2) is 7.03. The average Bonchev–Trinajstić information content (AvgIpc) is 3.41. The number of aromatic nitrogens is 3. The van der Waals surface area contributed by atoms with Gasteiger partial charge in [0.05, 0.1) is 22.8 Å². The van der Waals surface area contributed by atoms with Crippen LogP contribution in [0, 0.1) is 0 Å². The van der Waals surface area contributed by atoms with E-state index in [0.29, 0.717) is 29.4 Å². The van der Waals surface area contributed by atoms with Crippen LogP contribution in [0.2, 0.25) is 5.02 Å². The van der Waals surface area contributed by atoms with Crippen LogP contribution in [0.1, 0.15) is 29.8 Å². The van der Waals surface area contributed by atoms with E-state index in [1.165, 1.54) is 9.71 Å². The predicted octanol–water partition coefficient (Wildman–Crippen LogP) is 5.34. The molecule has 5 rings (SSSR count). The Labute approximate surface area is 165 Å². The van der Waals surface area contributed by atoms with E-state index in [1.807, 2.05) is 30.3 Å². The molecule has 0 bridgehead atoms. The first-order valence-electron chi connectivity index (χ1n) is 8.94. The normalized spacial score (nSPS) is 17.7. The zero-order valence-corrected chi connectivity index (χ0v) is 16.1. The van der Waals surface area contributed by atoms with Crippen molar-refractivity contribution in [2.75, 3.05) is 6.54 Å². The predicted molar refractivity (Wildman–Crippen MR) is 107 cm³/mol. The Kier molecular flexibility index (Phi) is 4.39. The number of halogens is 1. The molecule has 2 aromatic carbocycles. The second-order valence-electron chi connectivity index (χ2n) is 6.66. The third kappa shape index (κ3) is 3.36. The van der Waals surface area contributed by atoms with Crippen LogP contribution in [0.4, 0.5) is 0 Å². The van der Waals surface area contributed by atoms with E-state index >= 15 is 0 Å². The molecule has 1 fully saturated rings. The van der Waals surface area contributed by atoms with Crippen molar-refractivity contribution < 1.29 is 4.42 Å². The number of likely N-dealkylation sites (tertiary alicyclic amines) is 1. The van der Waals surface area contributed by atoms with Crippen molar-refractivity contribution >= 4 is 33.2 Å². The molecule has 1 unspecified atom stereocenters. The van der Waals surface area contributed by atoms with Crippen LogP contribution in [-0.2, 0) is 6.54 Å².